The second-order valence-electron chi connectivity index (χ2n) is 10.5. The van der Waals surface area contributed by atoms with Gasteiger partial charge < -0.3 is 24.4 Å². The van der Waals surface area contributed by atoms with E-state index in [1.165, 1.54) is 11.8 Å². The molecule has 2 fully saturated rings. The first kappa shape index (κ1) is 25.9. The summed E-state index contributed by atoms with van der Waals surface area (Å²) in [4.78, 5) is 45.4. The third-order valence-electron chi connectivity index (χ3n) is 8.48. The Balaban J connectivity index is 1.67. The van der Waals surface area contributed by atoms with E-state index in [4.69, 9.17) is 9.47 Å². The molecule has 0 aliphatic carbocycles. The molecule has 5 rings (SSSR count). The number of hydrogen-bond donors (Lipinski definition) is 1. The summed E-state index contributed by atoms with van der Waals surface area (Å²) in [6, 6.07) is 5.81. The van der Waals surface area contributed by atoms with Crippen molar-refractivity contribution in [3.8, 4) is 5.75 Å². The van der Waals surface area contributed by atoms with Crippen molar-refractivity contribution in [3.05, 3.63) is 48.6 Å². The first-order valence-corrected chi connectivity index (χ1v) is 13.6. The molecule has 7 atom stereocenters. The molecule has 1 aromatic carbocycles. The Kier molecular flexibility index (Phi) is 6.64. The number of carbonyl (C=O) groups is 3. The molecule has 2 saturated heterocycles. The van der Waals surface area contributed by atoms with Crippen LogP contribution >= 0.6 is 11.8 Å². The minimum atomic E-state index is -0.976. The average molecular weight is 527 g/mol. The standard InChI is InChI=1S/C28H34N2O6S/c1-5-17(2)20(16-31)30-23-25(33)29(18-8-10-19(35-4)11-9-18)14-6-13-28(23)21(24(30)32)22-26(34)36-15-7-12-27(22,3)37-28/h6-13,17,20-23,31H,5,14-16H2,1-4H3/t17-,20-,21-,22+,23?,27-,28-/m0/s1. The lowest BCUT2D eigenvalue weighted by Gasteiger charge is -2.41. The first-order chi connectivity index (χ1) is 17.7. The fourth-order valence-corrected chi connectivity index (χ4v) is 8.60. The van der Waals surface area contributed by atoms with Gasteiger partial charge in [0.2, 0.25) is 5.91 Å². The van der Waals surface area contributed by atoms with Crippen molar-refractivity contribution in [2.75, 3.05) is 31.8 Å². The number of hydrogen-bond acceptors (Lipinski definition) is 7. The Morgan fingerprint density at radius 1 is 1.14 bits per heavy atom. The molecule has 1 spiro atoms. The average Bonchev–Trinajstić information content (AvgIpc) is 3.15. The van der Waals surface area contributed by atoms with Crippen LogP contribution < -0.4 is 9.64 Å². The Labute approximate surface area is 221 Å². The zero-order valence-corrected chi connectivity index (χ0v) is 22.4. The van der Waals surface area contributed by atoms with Crippen LogP contribution in [0.1, 0.15) is 27.2 Å². The van der Waals surface area contributed by atoms with E-state index in [1.807, 2.05) is 57.2 Å². The molecule has 198 valence electrons. The van der Waals surface area contributed by atoms with Crippen LogP contribution in [0.3, 0.4) is 0 Å². The minimum Gasteiger partial charge on any atom is -0.497 e. The van der Waals surface area contributed by atoms with Crippen LogP contribution in [-0.4, -0.2) is 76.2 Å². The molecule has 0 radical (unpaired) electrons. The van der Waals surface area contributed by atoms with Crippen LogP contribution in [0.15, 0.2) is 48.6 Å². The smallest absolute Gasteiger partial charge is 0.311 e. The second kappa shape index (κ2) is 9.51. The largest absolute Gasteiger partial charge is 0.497 e. The molecule has 8 nitrogen and oxygen atoms in total. The van der Waals surface area contributed by atoms with Gasteiger partial charge in [-0.3, -0.25) is 14.4 Å². The molecule has 1 unspecified atom stereocenters. The van der Waals surface area contributed by atoms with E-state index in [2.05, 4.69) is 0 Å². The summed E-state index contributed by atoms with van der Waals surface area (Å²) >= 11 is 1.50. The molecular weight excluding hydrogens is 492 g/mol. The number of amides is 2. The second-order valence-corrected chi connectivity index (χ2v) is 12.3. The highest BCUT2D eigenvalue weighted by atomic mass is 32.2. The number of fused-ring (bicyclic) bond motifs is 2. The van der Waals surface area contributed by atoms with Crippen LogP contribution in [0.25, 0.3) is 0 Å². The topological polar surface area (TPSA) is 96.4 Å². The number of cyclic esters (lactones) is 1. The number of aliphatic hydroxyl groups is 1. The quantitative estimate of drug-likeness (QED) is 0.450. The number of ether oxygens (including phenoxy) is 2. The van der Waals surface area contributed by atoms with Crippen LogP contribution in [0.2, 0.25) is 0 Å². The van der Waals surface area contributed by atoms with Crippen LogP contribution in [-0.2, 0) is 19.1 Å². The number of carbonyl (C=O) groups excluding carboxylic acids is 3. The summed E-state index contributed by atoms with van der Waals surface area (Å²) < 4.78 is 9.09. The highest BCUT2D eigenvalue weighted by Gasteiger charge is 2.74. The van der Waals surface area contributed by atoms with Crippen molar-refractivity contribution < 1.29 is 29.0 Å². The van der Waals surface area contributed by atoms with Crippen LogP contribution in [0.5, 0.6) is 5.75 Å². The lowest BCUT2D eigenvalue weighted by molar-refractivity contribution is -0.153. The maximum absolute atomic E-state index is 14.5. The van der Waals surface area contributed by atoms with E-state index >= 15 is 0 Å². The SMILES string of the molecule is CC[C@H](C)[C@H](CO)N1C(=O)[C@@H]2[C@@H]3C(=O)OCC=C[C@]3(C)S[C@@]23C=CCN(c2ccc(OC)cc2)C(=O)C13. The summed E-state index contributed by atoms with van der Waals surface area (Å²) in [6.45, 7) is 6.16. The summed E-state index contributed by atoms with van der Waals surface area (Å²) in [5, 5.41) is 10.5. The van der Waals surface area contributed by atoms with Gasteiger partial charge in [-0.15, -0.1) is 11.8 Å². The molecule has 1 N–H and O–H groups in total. The van der Waals surface area contributed by atoms with Gasteiger partial charge in [-0.25, -0.2) is 0 Å². The lowest BCUT2D eigenvalue weighted by Crippen LogP contribution is -2.58. The summed E-state index contributed by atoms with van der Waals surface area (Å²) in [5.41, 5.74) is 0.690. The van der Waals surface area contributed by atoms with Crippen molar-refractivity contribution in [1.82, 2.24) is 4.90 Å². The molecule has 0 bridgehead atoms. The number of methoxy groups -OCH3 is 1. The molecule has 9 heteroatoms. The van der Waals surface area contributed by atoms with Gasteiger partial charge in [0, 0.05) is 17.0 Å². The van der Waals surface area contributed by atoms with Gasteiger partial charge in [-0.2, -0.15) is 0 Å². The predicted octanol–water partition coefficient (Wildman–Crippen LogP) is 2.81. The fraction of sp³-hybridized carbons (Fsp3) is 0.536. The Hall–Kier alpha value is -2.78. The van der Waals surface area contributed by atoms with Crippen molar-refractivity contribution in [1.29, 1.82) is 0 Å². The monoisotopic (exact) mass is 526 g/mol. The van der Waals surface area contributed by atoms with Crippen molar-refractivity contribution in [3.63, 3.8) is 0 Å². The first-order valence-electron chi connectivity index (χ1n) is 12.8. The van der Waals surface area contributed by atoms with Crippen molar-refractivity contribution >= 4 is 35.2 Å². The van der Waals surface area contributed by atoms with Gasteiger partial charge >= 0.3 is 5.97 Å². The number of anilines is 1. The molecule has 0 aromatic heterocycles. The Morgan fingerprint density at radius 2 is 1.86 bits per heavy atom. The van der Waals surface area contributed by atoms with Gasteiger partial charge in [0.1, 0.15) is 18.4 Å². The number of aliphatic hydroxyl groups excluding tert-OH is 1. The maximum Gasteiger partial charge on any atom is 0.311 e. The third-order valence-corrected chi connectivity index (χ3v) is 10.3. The zero-order valence-electron chi connectivity index (χ0n) is 21.6. The molecule has 4 heterocycles. The van der Waals surface area contributed by atoms with Gasteiger partial charge in [0.15, 0.2) is 0 Å². The van der Waals surface area contributed by atoms with Gasteiger partial charge in [-0.05, 0) is 43.2 Å². The number of likely N-dealkylation sites (tertiary alicyclic amines) is 1. The Bertz CT molecular complexity index is 1150. The molecule has 4 aliphatic rings. The molecule has 1 aromatic rings. The lowest BCUT2D eigenvalue weighted by atomic mass is 9.75. The van der Waals surface area contributed by atoms with E-state index in [9.17, 15) is 19.5 Å². The summed E-state index contributed by atoms with van der Waals surface area (Å²) in [6.07, 6.45) is 8.40. The minimum absolute atomic E-state index is 0.0448. The molecular formula is C28H34N2O6S. The third kappa shape index (κ3) is 3.81. The summed E-state index contributed by atoms with van der Waals surface area (Å²) in [7, 11) is 1.59. The van der Waals surface area contributed by atoms with Crippen molar-refractivity contribution in [2.45, 2.75) is 48.8 Å². The zero-order chi connectivity index (χ0) is 26.5. The van der Waals surface area contributed by atoms with Gasteiger partial charge in [0.05, 0.1) is 36.3 Å². The number of thioether (sulfide) groups is 1. The predicted molar refractivity (Wildman–Crippen MR) is 141 cm³/mol. The fourth-order valence-electron chi connectivity index (χ4n) is 6.46. The molecule has 0 saturated carbocycles. The molecule has 4 aliphatic heterocycles. The van der Waals surface area contributed by atoms with Crippen LogP contribution in [0.4, 0.5) is 5.69 Å². The van der Waals surface area contributed by atoms with E-state index in [1.54, 1.807) is 29.0 Å². The van der Waals surface area contributed by atoms with E-state index in [-0.39, 0.29) is 30.9 Å². The highest BCUT2D eigenvalue weighted by molar-refractivity contribution is 8.02. The number of benzene rings is 1. The van der Waals surface area contributed by atoms with Crippen LogP contribution in [0, 0.1) is 17.8 Å². The Morgan fingerprint density at radius 3 is 2.51 bits per heavy atom. The summed E-state index contributed by atoms with van der Waals surface area (Å²) in [5.74, 6) is -1.80. The molecule has 2 amide bonds. The highest BCUT2D eigenvalue weighted by Crippen LogP contribution is 2.66. The van der Waals surface area contributed by atoms with Crippen molar-refractivity contribution in [2.24, 2.45) is 17.8 Å². The molecule has 37 heavy (non-hydrogen) atoms. The number of nitrogens with zero attached hydrogens (tertiary/aromatic N) is 2. The van der Waals surface area contributed by atoms with E-state index in [0.29, 0.717) is 18.0 Å². The van der Waals surface area contributed by atoms with E-state index in [0.717, 1.165) is 6.42 Å². The normalized spacial score (nSPS) is 34.3. The number of esters is 1. The number of rotatable bonds is 6. The maximum atomic E-state index is 14.5. The van der Waals surface area contributed by atoms with Gasteiger partial charge in [-0.1, -0.05) is 38.5 Å². The van der Waals surface area contributed by atoms with E-state index < -0.39 is 39.4 Å². The van der Waals surface area contributed by atoms with Gasteiger partial charge in [0.25, 0.3) is 5.91 Å².